The minimum Gasteiger partial charge on any atom is -0.376 e. The Bertz CT molecular complexity index is 47.1. The van der Waals surface area contributed by atoms with E-state index < -0.39 is 0 Å². The summed E-state index contributed by atoms with van der Waals surface area (Å²) in [5, 5.41) is 0. The highest BCUT2D eigenvalue weighted by Gasteiger charge is 1.86. The van der Waals surface area contributed by atoms with Crippen molar-refractivity contribution in [2.75, 3.05) is 26.4 Å². The van der Waals surface area contributed by atoms with Crippen molar-refractivity contribution in [2.24, 2.45) is 5.90 Å². The van der Waals surface area contributed by atoms with Crippen LogP contribution in [0.1, 0.15) is 0 Å². The summed E-state index contributed by atoms with van der Waals surface area (Å²) in [6.45, 7) is 1.95. The van der Waals surface area contributed by atoms with E-state index in [0.29, 0.717) is 26.4 Å². The van der Waals surface area contributed by atoms with Gasteiger partial charge in [0, 0.05) is 0 Å². The van der Waals surface area contributed by atoms with Crippen molar-refractivity contribution in [3.8, 4) is 0 Å². The molecule has 0 aromatic heterocycles. The Morgan fingerprint density at radius 3 is 2.33 bits per heavy atom. The Balaban J connectivity index is 2.60. The highest BCUT2D eigenvalue weighted by Crippen LogP contribution is 1.72. The minimum atomic E-state index is 0.414. The molecule has 0 aliphatic carbocycles. The quantitative estimate of drug-likeness (QED) is 0.330. The fourth-order valence-electron chi connectivity index (χ4n) is 0.327. The van der Waals surface area contributed by atoms with Crippen LogP contribution in [0.25, 0.3) is 0 Å². The van der Waals surface area contributed by atoms with Gasteiger partial charge in [0.2, 0.25) is 0 Å². The maximum Gasteiger partial charge on any atom is 0.129 e. The standard InChI is InChI=1S/C4H13N2O3/c5-8-3-1-7-2-4-9-6/h1-5H2,6H3/q+1. The fourth-order valence-corrected chi connectivity index (χ4v) is 0.327. The van der Waals surface area contributed by atoms with E-state index in [2.05, 4.69) is 15.6 Å². The van der Waals surface area contributed by atoms with E-state index in [9.17, 15) is 0 Å². The van der Waals surface area contributed by atoms with Gasteiger partial charge in [0.05, 0.1) is 19.8 Å². The third kappa shape index (κ3) is 7.80. The van der Waals surface area contributed by atoms with Crippen molar-refractivity contribution in [2.45, 2.75) is 0 Å². The highest BCUT2D eigenvalue weighted by atomic mass is 16.6. The largest absolute Gasteiger partial charge is 0.376 e. The molecule has 0 saturated carbocycles. The van der Waals surface area contributed by atoms with Crippen LogP contribution >= 0.6 is 0 Å². The zero-order valence-corrected chi connectivity index (χ0v) is 5.34. The topological polar surface area (TPSA) is 81.4 Å². The molecule has 0 bridgehead atoms. The zero-order chi connectivity index (χ0) is 6.95. The molecule has 0 aliphatic rings. The smallest absolute Gasteiger partial charge is 0.129 e. The summed E-state index contributed by atoms with van der Waals surface area (Å²) >= 11 is 0. The molecule has 0 saturated heterocycles. The van der Waals surface area contributed by atoms with Crippen molar-refractivity contribution in [3.05, 3.63) is 0 Å². The zero-order valence-electron chi connectivity index (χ0n) is 5.34. The average Bonchev–Trinajstić information content (AvgIpc) is 1.89. The summed E-state index contributed by atoms with van der Waals surface area (Å²) in [5.74, 6) is 7.89. The summed E-state index contributed by atoms with van der Waals surface area (Å²) in [7, 11) is 0. The van der Waals surface area contributed by atoms with Gasteiger partial charge in [-0.15, -0.1) is 0 Å². The summed E-state index contributed by atoms with van der Waals surface area (Å²) in [4.78, 5) is 8.72. The van der Waals surface area contributed by atoms with Crippen LogP contribution in [0.2, 0.25) is 0 Å². The number of hydrogen-bond donors (Lipinski definition) is 2. The van der Waals surface area contributed by atoms with Crippen molar-refractivity contribution < 1.29 is 20.3 Å². The first-order valence-electron chi connectivity index (χ1n) is 2.68. The minimum absolute atomic E-state index is 0.414. The summed E-state index contributed by atoms with van der Waals surface area (Å²) < 4.78 is 4.94. The molecule has 0 heterocycles. The second-order valence-corrected chi connectivity index (χ2v) is 1.39. The lowest BCUT2D eigenvalue weighted by molar-refractivity contribution is -0.689. The predicted molar refractivity (Wildman–Crippen MR) is 29.8 cm³/mol. The molecule has 5 N–H and O–H groups in total. The van der Waals surface area contributed by atoms with Crippen LogP contribution in [-0.2, 0) is 14.4 Å². The molecule has 0 aliphatic heterocycles. The second-order valence-electron chi connectivity index (χ2n) is 1.39. The van der Waals surface area contributed by atoms with Crippen LogP contribution in [0.4, 0.5) is 0 Å². The van der Waals surface area contributed by atoms with Crippen molar-refractivity contribution in [1.82, 2.24) is 0 Å². The van der Waals surface area contributed by atoms with E-state index in [4.69, 9.17) is 10.6 Å². The lowest BCUT2D eigenvalue weighted by atomic mass is 10.7. The monoisotopic (exact) mass is 137 g/mol. The van der Waals surface area contributed by atoms with Gasteiger partial charge < -0.3 is 9.57 Å². The molecule has 0 radical (unpaired) electrons. The number of nitrogens with two attached hydrogens (primary N) is 1. The van der Waals surface area contributed by atoms with Gasteiger partial charge in [0.15, 0.2) is 0 Å². The third-order valence-corrected chi connectivity index (χ3v) is 0.718. The van der Waals surface area contributed by atoms with Crippen LogP contribution in [0.15, 0.2) is 0 Å². The molecular weight excluding hydrogens is 124 g/mol. The average molecular weight is 137 g/mol. The van der Waals surface area contributed by atoms with Crippen molar-refractivity contribution in [3.63, 3.8) is 0 Å². The Morgan fingerprint density at radius 1 is 1.11 bits per heavy atom. The number of quaternary nitrogens is 1. The van der Waals surface area contributed by atoms with Gasteiger partial charge in [-0.3, -0.25) is 0 Å². The van der Waals surface area contributed by atoms with E-state index in [1.807, 2.05) is 0 Å². The molecule has 0 aromatic carbocycles. The molecule has 0 spiro atoms. The normalized spacial score (nSPS) is 10.0. The molecule has 5 heteroatoms. The third-order valence-electron chi connectivity index (χ3n) is 0.718. The summed E-state index contributed by atoms with van der Waals surface area (Å²) in [5.41, 5.74) is 0. The van der Waals surface area contributed by atoms with Gasteiger partial charge in [-0.1, -0.05) is 0 Å². The van der Waals surface area contributed by atoms with E-state index >= 15 is 0 Å². The molecule has 56 valence electrons. The van der Waals surface area contributed by atoms with E-state index in [1.54, 1.807) is 0 Å². The predicted octanol–water partition coefficient (Wildman–Crippen LogP) is -1.93. The molecule has 0 amide bonds. The molecule has 5 nitrogen and oxygen atoms in total. The van der Waals surface area contributed by atoms with Gasteiger partial charge in [0.1, 0.15) is 6.61 Å². The van der Waals surface area contributed by atoms with Crippen LogP contribution in [0, 0.1) is 0 Å². The SMILES string of the molecule is NOCCOCCO[NH3+]. The van der Waals surface area contributed by atoms with Crippen LogP contribution < -0.4 is 11.8 Å². The Labute approximate surface area is 53.8 Å². The first kappa shape index (κ1) is 8.80. The van der Waals surface area contributed by atoms with Crippen LogP contribution in [0.3, 0.4) is 0 Å². The lowest BCUT2D eigenvalue weighted by Crippen LogP contribution is -2.49. The molecule has 0 atom stereocenters. The molecular formula is C4H13N2O3+. The Hall–Kier alpha value is -0.200. The second kappa shape index (κ2) is 7.80. The Morgan fingerprint density at radius 2 is 1.78 bits per heavy atom. The highest BCUT2D eigenvalue weighted by molar-refractivity contribution is 4.26. The molecule has 9 heavy (non-hydrogen) atoms. The molecule has 0 rings (SSSR count). The first-order chi connectivity index (χ1) is 4.41. The molecule has 0 unspecified atom stereocenters. The molecule has 0 fully saturated rings. The molecule has 0 aromatic rings. The van der Waals surface area contributed by atoms with E-state index in [-0.39, 0.29) is 0 Å². The number of ether oxygens (including phenoxy) is 1. The summed E-state index contributed by atoms with van der Waals surface area (Å²) in [6.07, 6.45) is 0. The van der Waals surface area contributed by atoms with Crippen molar-refractivity contribution >= 4 is 0 Å². The van der Waals surface area contributed by atoms with Gasteiger partial charge in [-0.25, -0.2) is 16.6 Å². The fraction of sp³-hybridized carbons (Fsp3) is 1.00. The number of rotatable bonds is 6. The maximum absolute atomic E-state index is 4.94. The number of hydrogen-bond acceptors (Lipinski definition) is 4. The van der Waals surface area contributed by atoms with Crippen molar-refractivity contribution in [1.29, 1.82) is 0 Å². The maximum atomic E-state index is 4.94. The van der Waals surface area contributed by atoms with Crippen LogP contribution in [-0.4, -0.2) is 26.4 Å². The first-order valence-corrected chi connectivity index (χ1v) is 2.68. The van der Waals surface area contributed by atoms with E-state index in [0.717, 1.165) is 0 Å². The van der Waals surface area contributed by atoms with Gasteiger partial charge >= 0.3 is 0 Å². The van der Waals surface area contributed by atoms with E-state index in [1.165, 1.54) is 0 Å². The summed E-state index contributed by atoms with van der Waals surface area (Å²) in [6, 6.07) is 0. The van der Waals surface area contributed by atoms with Gasteiger partial charge in [0.25, 0.3) is 0 Å². The van der Waals surface area contributed by atoms with Gasteiger partial charge in [-0.05, 0) is 0 Å². The van der Waals surface area contributed by atoms with Gasteiger partial charge in [-0.2, -0.15) is 0 Å². The van der Waals surface area contributed by atoms with Crippen LogP contribution in [0.5, 0.6) is 0 Å². The Kier molecular flexibility index (Phi) is 7.63. The lowest BCUT2D eigenvalue weighted by Gasteiger charge is -1.98.